The molecule has 0 radical (unpaired) electrons. The maximum absolute atomic E-state index is 5.97. The first-order valence-electron chi connectivity index (χ1n) is 8.74. The lowest BCUT2D eigenvalue weighted by molar-refractivity contribution is 0.0797. The highest BCUT2D eigenvalue weighted by Gasteiger charge is 2.41. The Bertz CT molecular complexity index is 672. The van der Waals surface area contributed by atoms with Crippen LogP contribution in [-0.4, -0.2) is 49.3 Å². The van der Waals surface area contributed by atoms with Crippen LogP contribution in [0.25, 0.3) is 0 Å². The van der Waals surface area contributed by atoms with Crippen LogP contribution in [-0.2, 0) is 11.3 Å². The van der Waals surface area contributed by atoms with Crippen LogP contribution in [0.2, 0.25) is 0 Å². The van der Waals surface area contributed by atoms with Gasteiger partial charge < -0.3 is 14.1 Å². The molecule has 4 rings (SSSR count). The predicted octanol–water partition coefficient (Wildman–Crippen LogP) is 2.71. The highest BCUT2D eigenvalue weighted by atomic mass is 16.5. The van der Waals surface area contributed by atoms with Crippen molar-refractivity contribution in [3.63, 3.8) is 0 Å². The summed E-state index contributed by atoms with van der Waals surface area (Å²) in [5, 5.41) is 0. The number of ether oxygens (including phenoxy) is 1. The summed E-state index contributed by atoms with van der Waals surface area (Å²) in [6.45, 7) is 8.57. The van der Waals surface area contributed by atoms with E-state index in [9.17, 15) is 0 Å². The first kappa shape index (κ1) is 15.7. The van der Waals surface area contributed by atoms with E-state index < -0.39 is 0 Å². The number of rotatable bonds is 3. The van der Waals surface area contributed by atoms with E-state index in [1.54, 1.807) is 0 Å². The van der Waals surface area contributed by atoms with Crippen LogP contribution in [0, 0.1) is 12.3 Å². The molecule has 1 spiro atoms. The molecule has 0 N–H and O–H groups in total. The van der Waals surface area contributed by atoms with Gasteiger partial charge in [0.15, 0.2) is 0 Å². The number of anilines is 1. The Morgan fingerprint density at radius 1 is 1.17 bits per heavy atom. The van der Waals surface area contributed by atoms with Crippen molar-refractivity contribution in [3.8, 4) is 0 Å². The second-order valence-corrected chi connectivity index (χ2v) is 7.14. The highest BCUT2D eigenvalue weighted by molar-refractivity contribution is 5.40. The molecule has 2 aliphatic rings. The van der Waals surface area contributed by atoms with Crippen molar-refractivity contribution in [1.82, 2.24) is 9.88 Å². The van der Waals surface area contributed by atoms with Gasteiger partial charge in [-0.25, -0.2) is 4.98 Å². The Balaban J connectivity index is 1.46. The molecule has 2 aromatic heterocycles. The van der Waals surface area contributed by atoms with Crippen LogP contribution in [0.5, 0.6) is 0 Å². The van der Waals surface area contributed by atoms with Gasteiger partial charge in [-0.3, -0.25) is 4.90 Å². The summed E-state index contributed by atoms with van der Waals surface area (Å²) in [5.41, 5.74) is 0.190. The lowest BCUT2D eigenvalue weighted by Gasteiger charge is -2.31. The molecular formula is C19H25N3O2. The van der Waals surface area contributed by atoms with E-state index in [0.29, 0.717) is 0 Å². The molecule has 0 aromatic carbocycles. The summed E-state index contributed by atoms with van der Waals surface area (Å²) >= 11 is 0. The van der Waals surface area contributed by atoms with Gasteiger partial charge in [0.25, 0.3) is 0 Å². The molecule has 0 unspecified atom stereocenters. The molecule has 2 aromatic rings. The quantitative estimate of drug-likeness (QED) is 0.867. The number of aryl methyl sites for hydroxylation is 1. The van der Waals surface area contributed by atoms with Crippen LogP contribution >= 0.6 is 0 Å². The molecule has 128 valence electrons. The summed E-state index contributed by atoms with van der Waals surface area (Å²) in [4.78, 5) is 9.38. The monoisotopic (exact) mass is 327 g/mol. The molecule has 2 saturated heterocycles. The zero-order valence-corrected chi connectivity index (χ0v) is 14.3. The first-order chi connectivity index (χ1) is 11.7. The third kappa shape index (κ3) is 3.32. The van der Waals surface area contributed by atoms with Crippen molar-refractivity contribution in [3.05, 3.63) is 48.0 Å². The van der Waals surface area contributed by atoms with E-state index in [0.717, 1.165) is 69.7 Å². The van der Waals surface area contributed by atoms with Crippen LogP contribution in [0.1, 0.15) is 17.9 Å². The molecule has 5 nitrogen and oxygen atoms in total. The van der Waals surface area contributed by atoms with E-state index in [4.69, 9.17) is 9.15 Å². The van der Waals surface area contributed by atoms with Gasteiger partial charge in [0.2, 0.25) is 0 Å². The van der Waals surface area contributed by atoms with Gasteiger partial charge in [0.05, 0.1) is 19.8 Å². The van der Waals surface area contributed by atoms with E-state index in [1.807, 2.05) is 25.3 Å². The third-order valence-corrected chi connectivity index (χ3v) is 5.11. The zero-order valence-electron chi connectivity index (χ0n) is 14.3. The molecule has 0 amide bonds. The first-order valence-corrected chi connectivity index (χ1v) is 8.74. The fraction of sp³-hybridized carbons (Fsp3) is 0.526. The van der Waals surface area contributed by atoms with Crippen LogP contribution in [0.4, 0.5) is 5.82 Å². The smallest absolute Gasteiger partial charge is 0.128 e. The fourth-order valence-electron chi connectivity index (χ4n) is 3.93. The van der Waals surface area contributed by atoms with Crippen LogP contribution in [0.15, 0.2) is 40.9 Å². The summed E-state index contributed by atoms with van der Waals surface area (Å²) in [7, 11) is 0. The average Bonchev–Trinajstić information content (AvgIpc) is 3.13. The molecule has 1 atom stereocenters. The number of furan rings is 1. The molecule has 0 bridgehead atoms. The molecule has 0 saturated carbocycles. The van der Waals surface area contributed by atoms with E-state index in [1.165, 1.54) is 0 Å². The van der Waals surface area contributed by atoms with Crippen LogP contribution < -0.4 is 4.90 Å². The molecule has 24 heavy (non-hydrogen) atoms. The predicted molar refractivity (Wildman–Crippen MR) is 93.0 cm³/mol. The largest absolute Gasteiger partial charge is 0.465 e. The van der Waals surface area contributed by atoms with Crippen molar-refractivity contribution in [1.29, 1.82) is 0 Å². The van der Waals surface area contributed by atoms with Crippen LogP contribution in [0.3, 0.4) is 0 Å². The van der Waals surface area contributed by atoms with E-state index in [-0.39, 0.29) is 5.41 Å². The molecular weight excluding hydrogens is 302 g/mol. The van der Waals surface area contributed by atoms with Gasteiger partial charge in [-0.2, -0.15) is 0 Å². The van der Waals surface area contributed by atoms with Gasteiger partial charge in [-0.15, -0.1) is 0 Å². The van der Waals surface area contributed by atoms with Gasteiger partial charge in [0, 0.05) is 37.8 Å². The molecule has 4 heterocycles. The normalized spacial score (nSPS) is 25.3. The lowest BCUT2D eigenvalue weighted by atomic mass is 9.87. The zero-order chi connectivity index (χ0) is 16.4. The topological polar surface area (TPSA) is 41.7 Å². The Hall–Kier alpha value is -1.85. The van der Waals surface area contributed by atoms with Crippen molar-refractivity contribution in [2.24, 2.45) is 5.41 Å². The SMILES string of the molecule is Cc1ccc(CN2CCOC[C@@]3(CCN(c4ccccn4)C3)C2)o1. The summed E-state index contributed by atoms with van der Waals surface area (Å²) in [5.74, 6) is 3.10. The number of nitrogens with zero attached hydrogens (tertiary/aromatic N) is 3. The number of hydrogen-bond donors (Lipinski definition) is 0. The summed E-state index contributed by atoms with van der Waals surface area (Å²) in [6, 6.07) is 10.3. The Labute approximate surface area is 143 Å². The highest BCUT2D eigenvalue weighted by Crippen LogP contribution is 2.35. The Kier molecular flexibility index (Phi) is 4.29. The number of aromatic nitrogens is 1. The van der Waals surface area contributed by atoms with Gasteiger partial charge >= 0.3 is 0 Å². The fourth-order valence-corrected chi connectivity index (χ4v) is 3.93. The molecule has 2 aliphatic heterocycles. The minimum Gasteiger partial charge on any atom is -0.465 e. The number of pyridine rings is 1. The van der Waals surface area contributed by atoms with Crippen molar-refractivity contribution >= 4 is 5.82 Å². The van der Waals surface area contributed by atoms with E-state index in [2.05, 4.69) is 33.0 Å². The molecule has 2 fully saturated rings. The summed E-state index contributed by atoms with van der Waals surface area (Å²) < 4.78 is 11.7. The van der Waals surface area contributed by atoms with Gasteiger partial charge in [0.1, 0.15) is 17.3 Å². The van der Waals surface area contributed by atoms with Crippen molar-refractivity contribution < 1.29 is 9.15 Å². The second kappa shape index (κ2) is 6.57. The van der Waals surface area contributed by atoms with Gasteiger partial charge in [-0.05, 0) is 37.6 Å². The average molecular weight is 327 g/mol. The molecule has 0 aliphatic carbocycles. The third-order valence-electron chi connectivity index (χ3n) is 5.11. The maximum atomic E-state index is 5.97. The minimum absolute atomic E-state index is 0.190. The summed E-state index contributed by atoms with van der Waals surface area (Å²) in [6.07, 6.45) is 3.02. The molecule has 5 heteroatoms. The Morgan fingerprint density at radius 2 is 2.12 bits per heavy atom. The Morgan fingerprint density at radius 3 is 2.92 bits per heavy atom. The van der Waals surface area contributed by atoms with E-state index >= 15 is 0 Å². The standard InChI is InChI=1S/C19H25N3O2/c1-16-5-6-17(24-16)12-21-10-11-23-15-19(13-21)7-9-22(14-19)18-4-2-3-8-20-18/h2-6,8H,7,9-15H2,1H3/t19-/m0/s1. The van der Waals surface area contributed by atoms with Crippen molar-refractivity contribution in [2.45, 2.75) is 19.9 Å². The number of hydrogen-bond acceptors (Lipinski definition) is 5. The maximum Gasteiger partial charge on any atom is 0.128 e. The minimum atomic E-state index is 0.190. The second-order valence-electron chi connectivity index (χ2n) is 7.14. The lowest BCUT2D eigenvalue weighted by Crippen LogP contribution is -2.40. The van der Waals surface area contributed by atoms with Gasteiger partial charge in [-0.1, -0.05) is 6.07 Å². The van der Waals surface area contributed by atoms with Crippen molar-refractivity contribution in [2.75, 3.05) is 44.3 Å².